The maximum Gasteiger partial charge on any atom is 0.343 e. The van der Waals surface area contributed by atoms with Crippen molar-refractivity contribution < 1.29 is 9.53 Å². The molecule has 0 bridgehead atoms. The van der Waals surface area contributed by atoms with E-state index in [-0.39, 0.29) is 0 Å². The van der Waals surface area contributed by atoms with Gasteiger partial charge in [-0.3, -0.25) is 0 Å². The second-order valence-corrected chi connectivity index (χ2v) is 6.55. The van der Waals surface area contributed by atoms with Crippen molar-refractivity contribution in [1.82, 2.24) is 0 Å². The number of fused-ring (bicyclic) bond motifs is 3. The molecule has 4 heteroatoms. The number of halogens is 2. The van der Waals surface area contributed by atoms with Gasteiger partial charge in [-0.1, -0.05) is 71.7 Å². The summed E-state index contributed by atoms with van der Waals surface area (Å²) in [5, 5.41) is 0. The maximum atomic E-state index is 12.0. The molecule has 0 saturated heterocycles. The molecule has 0 amide bonds. The maximum absolute atomic E-state index is 12.0. The summed E-state index contributed by atoms with van der Waals surface area (Å²) in [6.07, 6.45) is -0.452. The predicted molar refractivity (Wildman–Crippen MR) is 79.9 cm³/mol. The lowest BCUT2D eigenvalue weighted by Crippen LogP contribution is -2.26. The van der Waals surface area contributed by atoms with E-state index in [0.29, 0.717) is 0 Å². The molecule has 0 atom stereocenters. The van der Waals surface area contributed by atoms with Gasteiger partial charge in [0.1, 0.15) is 0 Å². The van der Waals surface area contributed by atoms with E-state index >= 15 is 0 Å². The van der Waals surface area contributed by atoms with Crippen molar-refractivity contribution in [3.05, 3.63) is 59.7 Å². The van der Waals surface area contributed by atoms with Crippen LogP contribution >= 0.6 is 23.2 Å². The van der Waals surface area contributed by atoms with E-state index in [1.165, 1.54) is 6.92 Å². The molecule has 0 radical (unpaired) electrons. The van der Waals surface area contributed by atoms with Crippen molar-refractivity contribution in [2.45, 2.75) is 17.4 Å². The van der Waals surface area contributed by atoms with Crippen LogP contribution in [-0.2, 0) is 9.53 Å². The van der Waals surface area contributed by atoms with Crippen LogP contribution < -0.4 is 0 Å². The third-order valence-electron chi connectivity index (χ3n) is 3.36. The second kappa shape index (κ2) is 4.80. The summed E-state index contributed by atoms with van der Waals surface area (Å²) in [5.41, 5.74) is 4.07. The van der Waals surface area contributed by atoms with Gasteiger partial charge >= 0.3 is 5.97 Å². The van der Waals surface area contributed by atoms with Gasteiger partial charge in [-0.15, -0.1) is 0 Å². The zero-order valence-corrected chi connectivity index (χ0v) is 12.3. The summed E-state index contributed by atoms with van der Waals surface area (Å²) < 4.78 is 3.98. The van der Waals surface area contributed by atoms with Gasteiger partial charge in [-0.25, -0.2) is 4.79 Å². The summed E-state index contributed by atoms with van der Waals surface area (Å²) in [6, 6.07) is 15.7. The Morgan fingerprint density at radius 3 is 1.90 bits per heavy atom. The highest BCUT2D eigenvalue weighted by molar-refractivity contribution is 6.57. The van der Waals surface area contributed by atoms with E-state index in [1.54, 1.807) is 0 Å². The van der Waals surface area contributed by atoms with Gasteiger partial charge in [0.15, 0.2) is 6.10 Å². The molecule has 0 aliphatic heterocycles. The number of esters is 1. The van der Waals surface area contributed by atoms with Gasteiger partial charge in [0.25, 0.3) is 0 Å². The van der Waals surface area contributed by atoms with Gasteiger partial charge in [0.05, 0.1) is 0 Å². The minimum Gasteiger partial charge on any atom is -0.450 e. The van der Waals surface area contributed by atoms with Gasteiger partial charge in [0, 0.05) is 11.1 Å². The zero-order chi connectivity index (χ0) is 14.3. The van der Waals surface area contributed by atoms with Gasteiger partial charge in [0.2, 0.25) is 4.33 Å². The fourth-order valence-corrected chi connectivity index (χ4v) is 2.54. The van der Waals surface area contributed by atoms with Crippen molar-refractivity contribution in [2.75, 3.05) is 0 Å². The van der Waals surface area contributed by atoms with Crippen molar-refractivity contribution in [3.8, 4) is 11.1 Å². The zero-order valence-electron chi connectivity index (χ0n) is 10.8. The van der Waals surface area contributed by atoms with Crippen LogP contribution in [0.2, 0.25) is 0 Å². The smallest absolute Gasteiger partial charge is 0.343 e. The number of carbonyl (C=O) groups excluding carboxylic acids is 1. The average molecular weight is 307 g/mol. The molecule has 1 aliphatic rings. The lowest BCUT2D eigenvalue weighted by molar-refractivity contribution is -0.147. The van der Waals surface area contributed by atoms with Crippen LogP contribution in [0, 0.1) is 0 Å². The number of hydrogen-bond acceptors (Lipinski definition) is 2. The van der Waals surface area contributed by atoms with Crippen molar-refractivity contribution in [3.63, 3.8) is 0 Å². The van der Waals surface area contributed by atoms with Gasteiger partial charge in [-0.2, -0.15) is 0 Å². The van der Waals surface area contributed by atoms with Crippen molar-refractivity contribution in [2.24, 2.45) is 0 Å². The fourth-order valence-electron chi connectivity index (χ4n) is 2.45. The number of carbonyl (C=O) groups is 1. The summed E-state index contributed by atoms with van der Waals surface area (Å²) in [4.78, 5) is 12.0. The molecule has 102 valence electrons. The molecule has 0 fully saturated rings. The summed E-state index contributed by atoms with van der Waals surface area (Å²) in [5.74, 6) is -0.641. The number of benzene rings is 2. The SMILES string of the molecule is CC(Cl)(Cl)C(=O)OC1c2ccccc2-c2ccccc21. The van der Waals surface area contributed by atoms with Gasteiger partial charge in [-0.05, 0) is 18.1 Å². The Labute approximate surface area is 127 Å². The summed E-state index contributed by atoms with van der Waals surface area (Å²) >= 11 is 11.6. The Morgan fingerprint density at radius 2 is 1.45 bits per heavy atom. The molecule has 0 saturated carbocycles. The van der Waals surface area contributed by atoms with Crippen LogP contribution in [-0.4, -0.2) is 10.3 Å². The molecule has 3 rings (SSSR count). The Kier molecular flexibility index (Phi) is 3.23. The standard InChI is InChI=1S/C16H12Cl2O2/c1-16(17,18)15(19)20-14-12-8-4-2-6-10(12)11-7-3-5-9-13(11)14/h2-9,14H,1H3. The first-order chi connectivity index (χ1) is 9.48. The van der Waals surface area contributed by atoms with Crippen LogP contribution in [0.25, 0.3) is 11.1 Å². The summed E-state index contributed by atoms with van der Waals surface area (Å²) in [7, 11) is 0. The van der Waals surface area contributed by atoms with Crippen molar-refractivity contribution >= 4 is 29.2 Å². The van der Waals surface area contributed by atoms with E-state index in [1.807, 2.05) is 48.5 Å². The molecule has 20 heavy (non-hydrogen) atoms. The highest BCUT2D eigenvalue weighted by atomic mass is 35.5. The van der Waals surface area contributed by atoms with Crippen LogP contribution in [0.4, 0.5) is 0 Å². The van der Waals surface area contributed by atoms with Crippen LogP contribution in [0.5, 0.6) is 0 Å². The molecule has 2 nitrogen and oxygen atoms in total. The highest BCUT2D eigenvalue weighted by Crippen LogP contribution is 2.45. The molecular formula is C16H12Cl2O2. The molecular weight excluding hydrogens is 295 g/mol. The normalized spacial score (nSPS) is 13.8. The quantitative estimate of drug-likeness (QED) is 0.603. The average Bonchev–Trinajstić information content (AvgIpc) is 2.73. The van der Waals surface area contributed by atoms with Gasteiger partial charge < -0.3 is 4.74 Å². The third-order valence-corrected chi connectivity index (χ3v) is 3.67. The minimum atomic E-state index is -1.55. The Balaban J connectivity index is 2.06. The van der Waals surface area contributed by atoms with E-state index in [9.17, 15) is 4.79 Å². The topological polar surface area (TPSA) is 26.3 Å². The minimum absolute atomic E-state index is 0.452. The molecule has 2 aromatic carbocycles. The first kappa shape index (κ1) is 13.5. The van der Waals surface area contributed by atoms with Crippen LogP contribution in [0.1, 0.15) is 24.2 Å². The molecule has 0 heterocycles. The lowest BCUT2D eigenvalue weighted by Gasteiger charge is -2.19. The van der Waals surface area contributed by atoms with Crippen LogP contribution in [0.3, 0.4) is 0 Å². The van der Waals surface area contributed by atoms with E-state index in [4.69, 9.17) is 27.9 Å². The monoisotopic (exact) mass is 306 g/mol. The first-order valence-corrected chi connectivity index (χ1v) is 7.01. The number of rotatable bonds is 2. The third kappa shape index (κ3) is 2.19. The Morgan fingerprint density at radius 1 is 1.00 bits per heavy atom. The Hall–Kier alpha value is -1.51. The first-order valence-electron chi connectivity index (χ1n) is 6.25. The molecule has 0 aromatic heterocycles. The number of hydrogen-bond donors (Lipinski definition) is 0. The molecule has 0 N–H and O–H groups in total. The van der Waals surface area contributed by atoms with E-state index in [2.05, 4.69) is 0 Å². The summed E-state index contributed by atoms with van der Waals surface area (Å²) in [6.45, 7) is 1.41. The molecule has 0 unspecified atom stereocenters. The van der Waals surface area contributed by atoms with Crippen molar-refractivity contribution in [1.29, 1.82) is 0 Å². The fraction of sp³-hybridized carbons (Fsp3) is 0.188. The van der Waals surface area contributed by atoms with E-state index < -0.39 is 16.4 Å². The number of alkyl halides is 2. The molecule has 2 aromatic rings. The predicted octanol–water partition coefficient (Wildman–Crippen LogP) is 4.49. The molecule has 1 aliphatic carbocycles. The largest absolute Gasteiger partial charge is 0.450 e. The Bertz CT molecular complexity index is 629. The molecule has 0 spiro atoms. The highest BCUT2D eigenvalue weighted by Gasteiger charge is 2.36. The lowest BCUT2D eigenvalue weighted by atomic mass is 10.1. The van der Waals surface area contributed by atoms with Crippen LogP contribution in [0.15, 0.2) is 48.5 Å². The second-order valence-electron chi connectivity index (χ2n) is 4.85. The number of ether oxygens (including phenoxy) is 1. The van der Waals surface area contributed by atoms with E-state index in [0.717, 1.165) is 22.3 Å².